The summed E-state index contributed by atoms with van der Waals surface area (Å²) in [7, 11) is 0. The molecule has 2 aliphatic rings. The van der Waals surface area contributed by atoms with Crippen molar-refractivity contribution >= 4 is 53.5 Å². The van der Waals surface area contributed by atoms with Crippen molar-refractivity contribution in [3.63, 3.8) is 0 Å². The van der Waals surface area contributed by atoms with Crippen LogP contribution < -0.4 is 32.3 Å². The Bertz CT molecular complexity index is 2700. The van der Waals surface area contributed by atoms with Gasteiger partial charge in [-0.05, 0) is 94.4 Å². The van der Waals surface area contributed by atoms with Crippen molar-refractivity contribution in [3.05, 3.63) is 89.9 Å². The highest BCUT2D eigenvalue weighted by molar-refractivity contribution is 6.12. The van der Waals surface area contributed by atoms with E-state index in [1.54, 1.807) is 38.5 Å². The van der Waals surface area contributed by atoms with Crippen LogP contribution in [0, 0.1) is 34.3 Å². The van der Waals surface area contributed by atoms with E-state index in [0.29, 0.717) is 51.4 Å². The molecule has 1 aromatic heterocycles. The van der Waals surface area contributed by atoms with Gasteiger partial charge in [-0.15, -0.1) is 0 Å². The topological polar surface area (TPSA) is 332 Å². The van der Waals surface area contributed by atoms with Crippen LogP contribution in [-0.2, 0) is 44.9 Å². The third-order valence-electron chi connectivity index (χ3n) is 14.6. The summed E-state index contributed by atoms with van der Waals surface area (Å²) in [6.07, 6.45) is 7.21. The highest BCUT2D eigenvalue weighted by atomic mass is 19.1. The number of hydrogen-bond acceptors (Lipinski definition) is 14. The van der Waals surface area contributed by atoms with Gasteiger partial charge in [0.05, 0.1) is 24.4 Å². The van der Waals surface area contributed by atoms with Gasteiger partial charge in [-0.1, -0.05) is 64.4 Å². The molecule has 5 rings (SSSR count). The molecule has 0 spiro atoms. The number of benzene rings is 2. The van der Waals surface area contributed by atoms with Crippen molar-refractivity contribution in [1.29, 1.82) is 5.41 Å². The first-order valence-electron chi connectivity index (χ1n) is 27.6. The number of imide groups is 1. The average Bonchev–Trinajstić information content (AvgIpc) is 4.39. The molecule has 2 aromatic carbocycles. The van der Waals surface area contributed by atoms with E-state index in [4.69, 9.17) is 16.1 Å². The molecule has 22 nitrogen and oxygen atoms in total. The first-order valence-corrected chi connectivity index (χ1v) is 27.6. The zero-order valence-corrected chi connectivity index (χ0v) is 46.7. The number of rotatable bonds is 33. The van der Waals surface area contributed by atoms with Gasteiger partial charge in [0.15, 0.2) is 0 Å². The number of aromatic nitrogens is 2. The van der Waals surface area contributed by atoms with Crippen LogP contribution in [0.2, 0.25) is 0 Å². The first kappa shape index (κ1) is 64.5. The van der Waals surface area contributed by atoms with Gasteiger partial charge >= 0.3 is 5.97 Å². The molecule has 1 fully saturated rings. The lowest BCUT2D eigenvalue weighted by molar-refractivity contribution is -0.142. The van der Waals surface area contributed by atoms with Gasteiger partial charge in [-0.2, -0.15) is 0 Å². The minimum Gasteiger partial charge on any atom is -0.480 e. The smallest absolute Gasteiger partial charge is 0.326 e. The number of carbonyl (C=O) groups is 8. The largest absolute Gasteiger partial charge is 0.480 e. The summed E-state index contributed by atoms with van der Waals surface area (Å²) in [5.74, 6) is -6.47. The third kappa shape index (κ3) is 18.6. The molecule has 24 heteroatoms. The average molecular weight is 1130 g/mol. The number of amides is 7. The minimum absolute atomic E-state index is 0.0246. The Kier molecular flexibility index (Phi) is 24.3. The van der Waals surface area contributed by atoms with Gasteiger partial charge in [-0.3, -0.25) is 43.4 Å². The Balaban J connectivity index is 1.06. The van der Waals surface area contributed by atoms with Crippen LogP contribution in [0.3, 0.4) is 0 Å². The van der Waals surface area contributed by atoms with E-state index in [2.05, 4.69) is 26.6 Å². The molecule has 0 saturated heterocycles. The van der Waals surface area contributed by atoms with Crippen LogP contribution in [0.25, 0.3) is 11.3 Å². The lowest BCUT2D eigenvalue weighted by Gasteiger charge is -2.42. The molecule has 1 aliphatic carbocycles. The van der Waals surface area contributed by atoms with Gasteiger partial charge in [0.2, 0.25) is 29.5 Å². The number of imidazole rings is 1. The molecular formula is C57H79F2N11O11. The van der Waals surface area contributed by atoms with E-state index in [9.17, 15) is 58.1 Å². The predicted molar refractivity (Wildman–Crippen MR) is 295 cm³/mol. The maximum atomic E-state index is 15.2. The molecule has 11 N–H and O–H groups in total. The van der Waals surface area contributed by atoms with Crippen LogP contribution in [0.5, 0.6) is 0 Å². The second kappa shape index (κ2) is 30.5. The Morgan fingerprint density at radius 2 is 1.60 bits per heavy atom. The summed E-state index contributed by atoms with van der Waals surface area (Å²) in [5, 5.41) is 53.5. The van der Waals surface area contributed by atoms with Crippen molar-refractivity contribution in [2.75, 3.05) is 26.2 Å². The molecular weight excluding hydrogens is 1050 g/mol. The molecule has 0 radical (unpaired) electrons. The number of halogens is 2. The molecule has 81 heavy (non-hydrogen) atoms. The second-order valence-corrected chi connectivity index (χ2v) is 21.8. The molecule has 2 unspecified atom stereocenters. The Hall–Kier alpha value is -7.28. The Labute approximate surface area is 470 Å². The number of unbranched alkanes of at least 4 members (excludes halogenated alkanes) is 3. The van der Waals surface area contributed by atoms with Gasteiger partial charge in [0, 0.05) is 80.1 Å². The minimum atomic E-state index is -1.53. The van der Waals surface area contributed by atoms with Crippen molar-refractivity contribution in [1.82, 2.24) is 45.9 Å². The van der Waals surface area contributed by atoms with E-state index < -0.39 is 95.6 Å². The Morgan fingerprint density at radius 1 is 0.901 bits per heavy atom. The molecule has 1 saturated carbocycles. The SMILES string of the molecule is CC(C)[C@H](NC(=O)CCCCCN1C(=O)C=CC1=O)C(=O)N[C@@H](C)C(=O)N[C@@H](CCCCNC(=O)[C@@H]1CCC(NC(=O)[C@@H](N)CCN(C(O)CO)[C@@H](c2nc(-c3cc(F)ccc3F)cn2Cc2ccccc2)C(C)(C)C=N)C1)C(=O)O. The van der Waals surface area contributed by atoms with Crippen molar-refractivity contribution in [2.45, 2.75) is 154 Å². The molecule has 3 aromatic rings. The van der Waals surface area contributed by atoms with E-state index >= 15 is 4.39 Å². The fourth-order valence-electron chi connectivity index (χ4n) is 9.92. The van der Waals surface area contributed by atoms with Crippen LogP contribution in [0.1, 0.15) is 123 Å². The fourth-order valence-corrected chi connectivity index (χ4v) is 9.92. The van der Waals surface area contributed by atoms with Crippen molar-refractivity contribution in [2.24, 2.45) is 23.0 Å². The number of nitrogens with zero attached hydrogens (tertiary/aromatic N) is 4. The number of carboxylic acid groups (broad SMARTS) is 1. The number of hydrogen-bond donors (Lipinski definition) is 10. The monoisotopic (exact) mass is 1130 g/mol. The zero-order valence-electron chi connectivity index (χ0n) is 46.7. The van der Waals surface area contributed by atoms with E-state index in [1.165, 1.54) is 30.2 Å². The van der Waals surface area contributed by atoms with E-state index in [0.717, 1.165) is 28.7 Å². The maximum absolute atomic E-state index is 15.2. The summed E-state index contributed by atoms with van der Waals surface area (Å²) in [4.78, 5) is 109. The molecule has 8 atom stereocenters. The van der Waals surface area contributed by atoms with Crippen LogP contribution in [-0.4, -0.2) is 151 Å². The maximum Gasteiger partial charge on any atom is 0.326 e. The Morgan fingerprint density at radius 3 is 2.26 bits per heavy atom. The lowest BCUT2D eigenvalue weighted by Crippen LogP contribution is -2.56. The number of nitrogens with two attached hydrogens (primary N) is 1. The van der Waals surface area contributed by atoms with Gasteiger partial charge < -0.3 is 57.6 Å². The predicted octanol–water partition coefficient (Wildman–Crippen LogP) is 3.20. The van der Waals surface area contributed by atoms with Gasteiger partial charge in [0.1, 0.15) is 41.8 Å². The number of aliphatic carboxylic acids is 1. The summed E-state index contributed by atoms with van der Waals surface area (Å²) < 4.78 is 31.4. The normalized spacial score (nSPS) is 17.6. The number of aliphatic hydroxyl groups is 2. The highest BCUT2D eigenvalue weighted by Gasteiger charge is 2.41. The first-order chi connectivity index (χ1) is 38.4. The second-order valence-electron chi connectivity index (χ2n) is 21.8. The van der Waals surface area contributed by atoms with Gasteiger partial charge in [-0.25, -0.2) is 18.6 Å². The third-order valence-corrected chi connectivity index (χ3v) is 14.6. The summed E-state index contributed by atoms with van der Waals surface area (Å²) in [6, 6.07) is 6.41. The molecule has 442 valence electrons. The lowest BCUT2D eigenvalue weighted by atomic mass is 9.83. The molecule has 0 bridgehead atoms. The fraction of sp³-hybridized carbons (Fsp3) is 0.544. The van der Waals surface area contributed by atoms with E-state index in [1.807, 2.05) is 30.3 Å². The molecule has 7 amide bonds. The van der Waals surface area contributed by atoms with Crippen LogP contribution >= 0.6 is 0 Å². The van der Waals surface area contributed by atoms with Crippen molar-refractivity contribution in [3.8, 4) is 11.3 Å². The summed E-state index contributed by atoms with van der Waals surface area (Å²) in [6.45, 7) is 8.15. The van der Waals surface area contributed by atoms with Crippen LogP contribution in [0.4, 0.5) is 8.78 Å². The van der Waals surface area contributed by atoms with Crippen molar-refractivity contribution < 1.29 is 62.5 Å². The molecule has 1 aliphatic heterocycles. The molecule has 2 heterocycles. The summed E-state index contributed by atoms with van der Waals surface area (Å²) in [5.41, 5.74) is 6.20. The van der Waals surface area contributed by atoms with Crippen LogP contribution in [0.15, 0.2) is 66.9 Å². The number of carbonyl (C=O) groups excluding carboxylic acids is 7. The summed E-state index contributed by atoms with van der Waals surface area (Å²) >= 11 is 0. The number of nitrogens with one attached hydrogen (secondary N) is 6. The quantitative estimate of drug-likeness (QED) is 0.0181. The standard InChI is InChI=1S/C57H79F2N11O11/c1-34(2)49(67-45(72)17-10-7-13-26-69-46(73)22-23-47(69)74)55(79)63-35(3)52(76)66-43(56(80)81)16-11-12-25-62-53(77)37-18-20-39(28-37)64-54(78)42(61)24-27-70(48(75)32-71)50(57(4,5)33-60)51-65-44(40-29-38(58)19-21-41(40)59)31-68(51)30-36-14-8-6-9-15-36/h6,8-9,14-15,19,21-23,29,31,33-35,37,39,42-43,48-50,60,71,75H,7,10-13,16-18,20,24-28,30,32,61H2,1-5H3,(H,62,77)(H,63,79)(H,64,78)(H,66,76)(H,67,72)(H,80,81)/t35-,37+,39?,42-,43-,48?,49-,50-/m0/s1. The highest BCUT2D eigenvalue weighted by Crippen LogP contribution is 2.40. The van der Waals surface area contributed by atoms with E-state index in [-0.39, 0.29) is 92.2 Å². The number of carboxylic acids is 1. The number of aliphatic hydroxyl groups excluding tert-OH is 2. The van der Waals surface area contributed by atoms with Gasteiger partial charge in [0.25, 0.3) is 11.8 Å². The zero-order chi connectivity index (χ0) is 59.6.